The van der Waals surface area contributed by atoms with Gasteiger partial charge in [-0.3, -0.25) is 0 Å². The van der Waals surface area contributed by atoms with Crippen LogP contribution in [-0.2, 0) is 0 Å². The van der Waals surface area contributed by atoms with Crippen molar-refractivity contribution >= 4 is 22.7 Å². The summed E-state index contributed by atoms with van der Waals surface area (Å²) in [5.41, 5.74) is 31.3. The summed E-state index contributed by atoms with van der Waals surface area (Å²) in [6.07, 6.45) is 18.5. The van der Waals surface area contributed by atoms with Crippen molar-refractivity contribution in [1.82, 2.24) is 0 Å². The second-order valence-corrected chi connectivity index (χ2v) is 21.6. The number of hydrogen-bond donors (Lipinski definition) is 0. The van der Waals surface area contributed by atoms with Crippen LogP contribution in [-0.4, -0.2) is 6.04 Å². The Labute approximate surface area is 460 Å². The Bertz CT molecular complexity index is 4170. The summed E-state index contributed by atoms with van der Waals surface area (Å²) >= 11 is 0. The quantitative estimate of drug-likeness (QED) is 0.137. The first-order valence-electron chi connectivity index (χ1n) is 27.0. The fraction of sp³-hybridized carbons (Fsp3) is 0.135. The van der Waals surface area contributed by atoms with Crippen molar-refractivity contribution in [3.05, 3.63) is 296 Å². The van der Waals surface area contributed by atoms with Crippen molar-refractivity contribution in [2.24, 2.45) is 5.92 Å². The highest BCUT2D eigenvalue weighted by Crippen LogP contribution is 2.53. The zero-order valence-electron chi connectivity index (χ0n) is 45.6. The Kier molecular flexibility index (Phi) is 12.6. The average molecular weight is 1010 g/mol. The molecular formula is C74H60N4. The van der Waals surface area contributed by atoms with Gasteiger partial charge in [0.1, 0.15) is 0 Å². The summed E-state index contributed by atoms with van der Waals surface area (Å²) in [4.78, 5) is 4.84. The maximum Gasteiger partial charge on any atom is 0.0992 e. The van der Waals surface area contributed by atoms with Crippen LogP contribution in [0.25, 0.3) is 44.5 Å². The molecule has 0 aliphatic heterocycles. The number of aryl methyl sites for hydroxylation is 8. The van der Waals surface area contributed by atoms with Gasteiger partial charge in [0, 0.05) is 34.1 Å². The smallest absolute Gasteiger partial charge is 0.0992 e. The van der Waals surface area contributed by atoms with E-state index in [0.717, 1.165) is 61.8 Å². The molecule has 4 aliphatic carbocycles. The number of anilines is 4. The van der Waals surface area contributed by atoms with E-state index in [1.165, 1.54) is 83.5 Å². The Balaban J connectivity index is 1.04. The molecule has 0 saturated carbocycles. The molecule has 2 unspecified atom stereocenters. The Morgan fingerprint density at radius 3 is 1.46 bits per heavy atom. The second-order valence-electron chi connectivity index (χ2n) is 21.6. The first kappa shape index (κ1) is 49.4. The summed E-state index contributed by atoms with van der Waals surface area (Å²) < 4.78 is 0. The van der Waals surface area contributed by atoms with E-state index < -0.39 is 0 Å². The number of rotatable bonds is 10. The van der Waals surface area contributed by atoms with Crippen LogP contribution in [0.3, 0.4) is 0 Å². The minimum atomic E-state index is -0.242. The molecule has 0 heterocycles. The van der Waals surface area contributed by atoms with Gasteiger partial charge in [0.2, 0.25) is 0 Å². The summed E-state index contributed by atoms with van der Waals surface area (Å²) in [6.45, 7) is 17.4. The summed E-state index contributed by atoms with van der Waals surface area (Å²) in [5.74, 6) is -0.0855. The van der Waals surface area contributed by atoms with E-state index in [0.29, 0.717) is 11.1 Å². The monoisotopic (exact) mass is 1000 g/mol. The fourth-order valence-corrected chi connectivity index (χ4v) is 11.8. The Morgan fingerprint density at radius 1 is 0.410 bits per heavy atom. The molecule has 0 N–H and O–H groups in total. The van der Waals surface area contributed by atoms with E-state index in [9.17, 15) is 10.5 Å². The summed E-state index contributed by atoms with van der Waals surface area (Å²) in [5, 5.41) is 20.8. The van der Waals surface area contributed by atoms with Crippen LogP contribution in [0.4, 0.5) is 22.7 Å². The molecule has 4 heteroatoms. The molecule has 0 saturated heterocycles. The maximum absolute atomic E-state index is 10.4. The molecule has 0 spiro atoms. The molecule has 376 valence electrons. The maximum atomic E-state index is 10.4. The van der Waals surface area contributed by atoms with Crippen LogP contribution in [0.2, 0.25) is 0 Å². The predicted molar refractivity (Wildman–Crippen MR) is 324 cm³/mol. The molecule has 0 radical (unpaired) electrons. The number of benzene rings is 8. The molecule has 8 aromatic rings. The highest BCUT2D eigenvalue weighted by atomic mass is 15.2. The van der Waals surface area contributed by atoms with Gasteiger partial charge in [-0.15, -0.1) is 0 Å². The van der Waals surface area contributed by atoms with Crippen molar-refractivity contribution in [2.75, 3.05) is 9.80 Å². The molecule has 4 nitrogen and oxygen atoms in total. The standard InChI is InChI=1S/C74H60N4/c1-45-15-19-57(35-49(45)5)59-27-33-71(67(41-59)61-21-17-47(3)51(7)37-61)77(63-13-9-11-53(39-63)43-75)69-31-25-55-24-30-66-70(32-26-56-23-29-65(69)73(55)74(56)66)78(64-14-10-12-54(40-64)44-76)72-34-28-60(58-20-16-46(2)50(6)36-58)42-68(72)62-22-18-48(4)52(8)38-62/h9-42,69,74H,1-8H3. The van der Waals surface area contributed by atoms with Crippen LogP contribution in [0.1, 0.15) is 55.6 Å². The number of hydrogen-bond acceptors (Lipinski definition) is 4. The zero-order chi connectivity index (χ0) is 53.9. The van der Waals surface area contributed by atoms with Crippen LogP contribution in [0.15, 0.2) is 240 Å². The van der Waals surface area contributed by atoms with E-state index in [-0.39, 0.29) is 12.0 Å². The predicted octanol–water partition coefficient (Wildman–Crippen LogP) is 18.7. The molecular weight excluding hydrogens is 945 g/mol. The number of allylic oxidation sites excluding steroid dienone is 10. The first-order chi connectivity index (χ1) is 37.8. The van der Waals surface area contributed by atoms with E-state index in [4.69, 9.17) is 0 Å². The molecule has 0 amide bonds. The minimum absolute atomic E-state index is 0.0855. The van der Waals surface area contributed by atoms with Gasteiger partial charge in [-0.1, -0.05) is 140 Å². The van der Waals surface area contributed by atoms with Gasteiger partial charge in [-0.05, 0) is 228 Å². The molecule has 12 rings (SSSR count). The van der Waals surface area contributed by atoms with Crippen molar-refractivity contribution in [3.63, 3.8) is 0 Å². The van der Waals surface area contributed by atoms with E-state index in [2.05, 4.69) is 247 Å². The van der Waals surface area contributed by atoms with Crippen LogP contribution >= 0.6 is 0 Å². The van der Waals surface area contributed by atoms with Crippen molar-refractivity contribution < 1.29 is 0 Å². The molecule has 2 atom stereocenters. The van der Waals surface area contributed by atoms with Crippen molar-refractivity contribution in [1.29, 1.82) is 10.5 Å². The van der Waals surface area contributed by atoms with Gasteiger partial charge in [-0.2, -0.15) is 10.5 Å². The molecule has 0 fully saturated rings. The fourth-order valence-electron chi connectivity index (χ4n) is 11.8. The van der Waals surface area contributed by atoms with Gasteiger partial charge < -0.3 is 9.80 Å². The van der Waals surface area contributed by atoms with E-state index >= 15 is 0 Å². The summed E-state index contributed by atoms with van der Waals surface area (Å²) in [7, 11) is 0. The lowest BCUT2D eigenvalue weighted by atomic mass is 9.67. The molecule has 78 heavy (non-hydrogen) atoms. The van der Waals surface area contributed by atoms with Crippen LogP contribution in [0, 0.1) is 84.0 Å². The topological polar surface area (TPSA) is 54.1 Å². The third-order valence-corrected chi connectivity index (χ3v) is 16.8. The number of nitrogens with zero attached hydrogens (tertiary/aromatic N) is 4. The van der Waals surface area contributed by atoms with Crippen molar-refractivity contribution in [3.8, 4) is 56.6 Å². The van der Waals surface area contributed by atoms with Crippen LogP contribution in [0.5, 0.6) is 0 Å². The second kappa shape index (κ2) is 19.9. The molecule has 0 aromatic heterocycles. The van der Waals surface area contributed by atoms with Crippen molar-refractivity contribution in [2.45, 2.75) is 61.4 Å². The van der Waals surface area contributed by atoms with E-state index in [1.807, 2.05) is 36.4 Å². The van der Waals surface area contributed by atoms with Gasteiger partial charge in [-0.25, -0.2) is 0 Å². The SMILES string of the molecule is Cc1ccc(-c2ccc(N(C3=C4C=CC5=C6C(=CC=C(C=C3)C46)C(N(c3cccc(C#N)c3)c3ccc(-c4ccc(C)c(C)c4)cc3-c3ccc(C)c(C)c3)C=C5)c3cccc(C#N)c3)c(-c3ccc(C)c(C)c3)c2)cc1C. The normalized spacial score (nSPS) is 15.8. The Morgan fingerprint density at radius 2 is 0.897 bits per heavy atom. The largest absolute Gasteiger partial charge is 0.330 e. The third kappa shape index (κ3) is 8.76. The number of nitriles is 2. The zero-order valence-corrected chi connectivity index (χ0v) is 45.6. The highest BCUT2D eigenvalue weighted by molar-refractivity contribution is 5.92. The lowest BCUT2D eigenvalue weighted by Crippen LogP contribution is -2.37. The van der Waals surface area contributed by atoms with Gasteiger partial charge in [0.05, 0.1) is 40.7 Å². The molecule has 8 aromatic carbocycles. The van der Waals surface area contributed by atoms with Gasteiger partial charge in [0.25, 0.3) is 0 Å². The molecule has 0 bridgehead atoms. The Hall–Kier alpha value is -9.48. The van der Waals surface area contributed by atoms with Crippen LogP contribution < -0.4 is 9.80 Å². The van der Waals surface area contributed by atoms with E-state index in [1.54, 1.807) is 0 Å². The molecule has 4 aliphatic rings. The summed E-state index contributed by atoms with van der Waals surface area (Å²) in [6, 6.07) is 61.5. The third-order valence-electron chi connectivity index (χ3n) is 16.8. The lowest BCUT2D eigenvalue weighted by molar-refractivity contribution is 0.773. The lowest BCUT2D eigenvalue weighted by Gasteiger charge is -2.44. The first-order valence-corrected chi connectivity index (χ1v) is 27.0. The van der Waals surface area contributed by atoms with Gasteiger partial charge >= 0.3 is 0 Å². The minimum Gasteiger partial charge on any atom is -0.330 e. The van der Waals surface area contributed by atoms with Gasteiger partial charge in [0.15, 0.2) is 0 Å². The average Bonchev–Trinajstić information content (AvgIpc) is 3.57. The highest BCUT2D eigenvalue weighted by Gasteiger charge is 2.41.